The summed E-state index contributed by atoms with van der Waals surface area (Å²) in [5.74, 6) is -0.0707. The van der Waals surface area contributed by atoms with Crippen molar-refractivity contribution in [1.82, 2.24) is 24.8 Å². The van der Waals surface area contributed by atoms with E-state index in [1.807, 2.05) is 56.0 Å². The maximum absolute atomic E-state index is 13.5. The van der Waals surface area contributed by atoms with Crippen LogP contribution >= 0.6 is 0 Å². The molecule has 1 N–H and O–H groups in total. The van der Waals surface area contributed by atoms with Crippen LogP contribution in [0.4, 0.5) is 4.79 Å². The van der Waals surface area contributed by atoms with Gasteiger partial charge in [0.2, 0.25) is 0 Å². The molecule has 0 spiro atoms. The number of ether oxygens (including phenoxy) is 1. The highest BCUT2D eigenvalue weighted by molar-refractivity contribution is 5.92. The van der Waals surface area contributed by atoms with Crippen molar-refractivity contribution < 1.29 is 14.3 Å². The molecule has 2 aliphatic heterocycles. The first-order valence-electron chi connectivity index (χ1n) is 14.4. The Labute approximate surface area is 240 Å². The lowest BCUT2D eigenvalue weighted by Crippen LogP contribution is -2.39. The van der Waals surface area contributed by atoms with E-state index in [4.69, 9.17) is 4.74 Å². The number of fused-ring (bicyclic) bond motifs is 2. The van der Waals surface area contributed by atoms with Crippen LogP contribution in [0.15, 0.2) is 48.9 Å². The quantitative estimate of drug-likeness (QED) is 0.313. The molecule has 0 saturated carbocycles. The van der Waals surface area contributed by atoms with E-state index in [-0.39, 0.29) is 18.0 Å². The van der Waals surface area contributed by atoms with E-state index in [0.29, 0.717) is 25.3 Å². The summed E-state index contributed by atoms with van der Waals surface area (Å²) in [6, 6.07) is 10.2. The van der Waals surface area contributed by atoms with Gasteiger partial charge in [-0.05, 0) is 105 Å². The van der Waals surface area contributed by atoms with Crippen LogP contribution in [0.2, 0.25) is 0 Å². The largest absolute Gasteiger partial charge is 0.444 e. The number of carbonyl (C=O) groups is 2. The zero-order chi connectivity index (χ0) is 28.9. The van der Waals surface area contributed by atoms with Crippen molar-refractivity contribution in [3.05, 3.63) is 82.4 Å². The number of amides is 2. The molecule has 0 unspecified atom stereocenters. The number of rotatable bonds is 3. The minimum Gasteiger partial charge on any atom is -0.444 e. The van der Waals surface area contributed by atoms with E-state index in [9.17, 15) is 9.59 Å². The maximum Gasteiger partial charge on any atom is 0.410 e. The van der Waals surface area contributed by atoms with Crippen LogP contribution in [0.25, 0.3) is 22.2 Å². The van der Waals surface area contributed by atoms with Gasteiger partial charge in [-0.25, -0.2) is 9.78 Å². The van der Waals surface area contributed by atoms with Crippen LogP contribution in [0.1, 0.15) is 78.0 Å². The molecule has 2 amide bonds. The van der Waals surface area contributed by atoms with E-state index in [0.717, 1.165) is 63.7 Å². The fourth-order valence-corrected chi connectivity index (χ4v) is 6.01. The summed E-state index contributed by atoms with van der Waals surface area (Å²) in [7, 11) is 0. The zero-order valence-electron chi connectivity index (χ0n) is 24.5. The number of hydrogen-bond acceptors (Lipinski definition) is 5. The van der Waals surface area contributed by atoms with E-state index in [2.05, 4.69) is 40.1 Å². The number of likely N-dealkylation sites (tertiary alicyclic amines) is 1. The second-order valence-corrected chi connectivity index (χ2v) is 12.3. The molecule has 41 heavy (non-hydrogen) atoms. The van der Waals surface area contributed by atoms with Gasteiger partial charge in [-0.2, -0.15) is 0 Å². The first-order valence-corrected chi connectivity index (χ1v) is 14.4. The number of hydrogen-bond donors (Lipinski definition) is 1. The normalized spacial score (nSPS) is 17.1. The molecule has 6 rings (SSSR count). The van der Waals surface area contributed by atoms with Gasteiger partial charge in [0.05, 0.1) is 6.04 Å². The lowest BCUT2D eigenvalue weighted by atomic mass is 9.86. The highest BCUT2D eigenvalue weighted by Crippen LogP contribution is 2.40. The van der Waals surface area contributed by atoms with Gasteiger partial charge in [0.25, 0.3) is 5.91 Å². The average molecular weight is 552 g/mol. The Kier molecular flexibility index (Phi) is 6.80. The first kappa shape index (κ1) is 27.0. The van der Waals surface area contributed by atoms with Crippen LogP contribution in [-0.2, 0) is 17.7 Å². The van der Waals surface area contributed by atoms with Crippen LogP contribution in [0.5, 0.6) is 0 Å². The molecule has 1 atom stereocenters. The molecule has 212 valence electrons. The molecule has 1 aromatic carbocycles. The van der Waals surface area contributed by atoms with Crippen LogP contribution in [-0.4, -0.2) is 55.4 Å². The Morgan fingerprint density at radius 2 is 1.85 bits per heavy atom. The number of aryl methyl sites for hydroxylation is 2. The molecule has 0 bridgehead atoms. The number of aromatic amines is 1. The molecule has 3 aromatic heterocycles. The fraction of sp³-hybridized carbons (Fsp3) is 0.394. The highest BCUT2D eigenvalue weighted by atomic mass is 16.6. The van der Waals surface area contributed by atoms with Crippen LogP contribution < -0.4 is 0 Å². The number of carbonyl (C=O) groups excluding carboxylic acids is 2. The zero-order valence-corrected chi connectivity index (χ0v) is 24.5. The Morgan fingerprint density at radius 3 is 2.61 bits per heavy atom. The van der Waals surface area contributed by atoms with E-state index in [1.165, 1.54) is 5.56 Å². The predicted octanol–water partition coefficient (Wildman–Crippen LogP) is 6.51. The molecule has 1 saturated heterocycles. The van der Waals surface area contributed by atoms with Crippen molar-refractivity contribution in [2.24, 2.45) is 0 Å². The molecular weight excluding hydrogens is 514 g/mol. The molecular formula is C33H37N5O3. The smallest absolute Gasteiger partial charge is 0.410 e. The third-order valence-corrected chi connectivity index (χ3v) is 8.11. The fourth-order valence-electron chi connectivity index (χ4n) is 6.01. The summed E-state index contributed by atoms with van der Waals surface area (Å²) < 4.78 is 5.81. The first-order chi connectivity index (χ1) is 19.6. The van der Waals surface area contributed by atoms with Crippen molar-refractivity contribution in [3.63, 3.8) is 0 Å². The number of benzene rings is 1. The molecule has 4 aromatic rings. The van der Waals surface area contributed by atoms with Gasteiger partial charge >= 0.3 is 6.09 Å². The summed E-state index contributed by atoms with van der Waals surface area (Å²) >= 11 is 0. The summed E-state index contributed by atoms with van der Waals surface area (Å²) in [5.41, 5.74) is 8.44. The minimum atomic E-state index is -0.578. The molecule has 1 fully saturated rings. The maximum atomic E-state index is 13.5. The summed E-state index contributed by atoms with van der Waals surface area (Å²) in [5, 5.41) is 1.10. The molecule has 8 heteroatoms. The Hall–Kier alpha value is -4.20. The van der Waals surface area contributed by atoms with Crippen molar-refractivity contribution >= 4 is 23.0 Å². The predicted molar refractivity (Wildman–Crippen MR) is 159 cm³/mol. The number of pyridine rings is 2. The van der Waals surface area contributed by atoms with E-state index < -0.39 is 5.60 Å². The number of H-pyrrole nitrogens is 1. The summed E-state index contributed by atoms with van der Waals surface area (Å²) in [4.78, 5) is 42.8. The number of nitrogens with zero attached hydrogens (tertiary/aromatic N) is 4. The Bertz CT molecular complexity index is 1630. The second kappa shape index (κ2) is 10.3. The molecule has 2 aliphatic rings. The van der Waals surface area contributed by atoms with E-state index in [1.54, 1.807) is 12.3 Å². The Balaban J connectivity index is 1.42. The molecule has 0 aliphatic carbocycles. The van der Waals surface area contributed by atoms with Gasteiger partial charge in [-0.1, -0.05) is 12.1 Å². The minimum absolute atomic E-state index is 0.0707. The van der Waals surface area contributed by atoms with Crippen molar-refractivity contribution in [2.75, 3.05) is 13.1 Å². The monoisotopic (exact) mass is 551 g/mol. The lowest BCUT2D eigenvalue weighted by Gasteiger charge is -2.34. The third-order valence-electron chi connectivity index (χ3n) is 8.11. The van der Waals surface area contributed by atoms with Crippen molar-refractivity contribution in [2.45, 2.75) is 72.1 Å². The summed E-state index contributed by atoms with van der Waals surface area (Å²) in [6.45, 7) is 11.5. The van der Waals surface area contributed by atoms with Crippen molar-refractivity contribution in [1.29, 1.82) is 0 Å². The summed E-state index contributed by atoms with van der Waals surface area (Å²) in [6.07, 6.45) is 7.80. The standard InChI is InChI=1S/C33H37N5O3/c1-20-8-9-28(34-16-20)31(39)37-12-10-22-13-23(24-15-25-21(2)17-35-30(25)36-18-24)14-26(27(22)19-37)29-7-6-11-38(29)32(40)41-33(3,4)5/h8-9,13-18,29H,6-7,10-12,19H2,1-5H3,(H,35,36)/t29-/m0/s1. The van der Waals surface area contributed by atoms with E-state index >= 15 is 0 Å². The number of aromatic nitrogens is 3. The average Bonchev–Trinajstić information content (AvgIpc) is 3.58. The van der Waals surface area contributed by atoms with Crippen LogP contribution in [0.3, 0.4) is 0 Å². The SMILES string of the molecule is Cc1ccc(C(=O)N2CCc3cc(-c4cnc5[nH]cc(C)c5c4)cc([C@@H]4CCCN4C(=O)OC(C)(C)C)c3C2)nc1. The van der Waals surface area contributed by atoms with Crippen molar-refractivity contribution in [3.8, 4) is 11.1 Å². The molecule has 8 nitrogen and oxygen atoms in total. The van der Waals surface area contributed by atoms with Gasteiger partial charge in [0, 0.05) is 49.2 Å². The topological polar surface area (TPSA) is 91.4 Å². The van der Waals surface area contributed by atoms with Crippen LogP contribution in [0, 0.1) is 13.8 Å². The van der Waals surface area contributed by atoms with Gasteiger partial charge in [0.1, 0.15) is 16.9 Å². The number of nitrogens with one attached hydrogen (secondary N) is 1. The second-order valence-electron chi connectivity index (χ2n) is 12.3. The van der Waals surface area contributed by atoms with Gasteiger partial charge in [-0.15, -0.1) is 0 Å². The van der Waals surface area contributed by atoms with Gasteiger partial charge in [-0.3, -0.25) is 9.78 Å². The third kappa shape index (κ3) is 5.31. The highest BCUT2D eigenvalue weighted by Gasteiger charge is 2.36. The molecule has 0 radical (unpaired) electrons. The van der Waals surface area contributed by atoms with Gasteiger partial charge < -0.3 is 19.5 Å². The lowest BCUT2D eigenvalue weighted by molar-refractivity contribution is 0.0222. The Morgan fingerprint density at radius 1 is 1.02 bits per heavy atom. The molecule has 5 heterocycles. The van der Waals surface area contributed by atoms with Gasteiger partial charge in [0.15, 0.2) is 0 Å².